The molecule has 0 aliphatic carbocycles. The molecule has 19 heavy (non-hydrogen) atoms. The van der Waals surface area contributed by atoms with Crippen LogP contribution in [-0.2, 0) is 13.1 Å². The van der Waals surface area contributed by atoms with E-state index in [2.05, 4.69) is 31.8 Å². The number of aliphatic hydroxyl groups is 1. The Hall–Kier alpha value is -1.72. The lowest BCUT2D eigenvalue weighted by Crippen LogP contribution is -2.35. The van der Waals surface area contributed by atoms with E-state index >= 15 is 0 Å². The predicted molar refractivity (Wildman–Crippen MR) is 72.4 cm³/mol. The van der Waals surface area contributed by atoms with Crippen LogP contribution in [0.2, 0.25) is 0 Å². The first kappa shape index (κ1) is 12.3. The molecule has 0 saturated heterocycles. The SMILES string of the molecule is OCCCN1CCn2c(nnc2-c2ccccc2)C1. The van der Waals surface area contributed by atoms with Crippen molar-refractivity contribution in [2.24, 2.45) is 0 Å². The summed E-state index contributed by atoms with van der Waals surface area (Å²) in [4.78, 5) is 2.31. The molecule has 0 saturated carbocycles. The van der Waals surface area contributed by atoms with Gasteiger partial charge in [-0.2, -0.15) is 0 Å². The van der Waals surface area contributed by atoms with Crippen LogP contribution >= 0.6 is 0 Å². The summed E-state index contributed by atoms with van der Waals surface area (Å²) in [6, 6.07) is 10.2. The number of fused-ring (bicyclic) bond motifs is 1. The van der Waals surface area contributed by atoms with Gasteiger partial charge in [0.05, 0.1) is 6.54 Å². The molecule has 0 radical (unpaired) electrons. The normalized spacial score (nSPS) is 15.4. The molecule has 0 atom stereocenters. The van der Waals surface area contributed by atoms with Crippen LogP contribution in [0.15, 0.2) is 30.3 Å². The van der Waals surface area contributed by atoms with Crippen LogP contribution in [0.4, 0.5) is 0 Å². The van der Waals surface area contributed by atoms with Gasteiger partial charge >= 0.3 is 0 Å². The maximum atomic E-state index is 8.89. The van der Waals surface area contributed by atoms with Crippen LogP contribution < -0.4 is 0 Å². The largest absolute Gasteiger partial charge is 0.396 e. The molecule has 0 spiro atoms. The molecule has 0 fully saturated rings. The van der Waals surface area contributed by atoms with Crippen LogP contribution in [0.5, 0.6) is 0 Å². The fourth-order valence-corrected chi connectivity index (χ4v) is 2.49. The van der Waals surface area contributed by atoms with E-state index in [1.165, 1.54) is 0 Å². The standard InChI is InChI=1S/C14H18N4O/c19-10-4-7-17-8-9-18-13(11-17)15-16-14(18)12-5-2-1-3-6-12/h1-3,5-6,19H,4,7-11H2. The van der Waals surface area contributed by atoms with Gasteiger partial charge in [0.2, 0.25) is 0 Å². The van der Waals surface area contributed by atoms with Gasteiger partial charge in [-0.15, -0.1) is 10.2 Å². The van der Waals surface area contributed by atoms with Crippen LogP contribution in [0.25, 0.3) is 11.4 Å². The number of aliphatic hydroxyl groups excluding tert-OH is 1. The molecule has 1 aromatic carbocycles. The molecule has 1 N–H and O–H groups in total. The average molecular weight is 258 g/mol. The summed E-state index contributed by atoms with van der Waals surface area (Å²) in [6.07, 6.45) is 0.819. The highest BCUT2D eigenvalue weighted by molar-refractivity contribution is 5.55. The lowest BCUT2D eigenvalue weighted by molar-refractivity contribution is 0.190. The zero-order valence-corrected chi connectivity index (χ0v) is 10.9. The first-order valence-electron chi connectivity index (χ1n) is 6.69. The van der Waals surface area contributed by atoms with Crippen LogP contribution in [0.1, 0.15) is 12.2 Å². The first-order chi connectivity index (χ1) is 9.38. The Morgan fingerprint density at radius 3 is 2.74 bits per heavy atom. The second-order valence-corrected chi connectivity index (χ2v) is 4.81. The molecule has 100 valence electrons. The van der Waals surface area contributed by atoms with Crippen molar-refractivity contribution in [3.8, 4) is 11.4 Å². The molecular formula is C14H18N4O. The Morgan fingerprint density at radius 2 is 1.95 bits per heavy atom. The zero-order chi connectivity index (χ0) is 13.1. The number of rotatable bonds is 4. The molecule has 1 aliphatic heterocycles. The highest BCUT2D eigenvalue weighted by atomic mass is 16.3. The van der Waals surface area contributed by atoms with Crippen molar-refractivity contribution in [2.45, 2.75) is 19.5 Å². The topological polar surface area (TPSA) is 54.2 Å². The van der Waals surface area contributed by atoms with Crippen molar-refractivity contribution in [1.29, 1.82) is 0 Å². The summed E-state index contributed by atoms with van der Waals surface area (Å²) in [6.45, 7) is 3.89. The zero-order valence-electron chi connectivity index (χ0n) is 10.9. The molecule has 0 unspecified atom stereocenters. The Kier molecular flexibility index (Phi) is 3.57. The van der Waals surface area contributed by atoms with Gasteiger partial charge in [0, 0.05) is 31.8 Å². The summed E-state index contributed by atoms with van der Waals surface area (Å²) in [5.41, 5.74) is 1.12. The minimum atomic E-state index is 0.248. The van der Waals surface area contributed by atoms with Crippen LogP contribution in [0, 0.1) is 0 Å². The van der Waals surface area contributed by atoms with Crippen molar-refractivity contribution in [3.63, 3.8) is 0 Å². The third-order valence-electron chi connectivity index (χ3n) is 3.50. The molecule has 1 aliphatic rings. The number of aromatic nitrogens is 3. The Balaban J connectivity index is 1.80. The van der Waals surface area contributed by atoms with Gasteiger partial charge in [-0.3, -0.25) is 4.90 Å². The van der Waals surface area contributed by atoms with E-state index in [-0.39, 0.29) is 6.61 Å². The van der Waals surface area contributed by atoms with Crippen molar-refractivity contribution in [1.82, 2.24) is 19.7 Å². The minimum absolute atomic E-state index is 0.248. The van der Waals surface area contributed by atoms with Gasteiger partial charge in [0.1, 0.15) is 5.82 Å². The van der Waals surface area contributed by atoms with Crippen molar-refractivity contribution >= 4 is 0 Å². The van der Waals surface area contributed by atoms with Gasteiger partial charge in [-0.05, 0) is 6.42 Å². The quantitative estimate of drug-likeness (QED) is 0.893. The molecule has 2 aromatic rings. The fourth-order valence-electron chi connectivity index (χ4n) is 2.49. The van der Waals surface area contributed by atoms with Gasteiger partial charge in [0.25, 0.3) is 0 Å². The number of hydrogen-bond donors (Lipinski definition) is 1. The summed E-state index contributed by atoms with van der Waals surface area (Å²) >= 11 is 0. The first-order valence-corrected chi connectivity index (χ1v) is 6.69. The Bertz CT molecular complexity index is 538. The molecule has 3 rings (SSSR count). The highest BCUT2D eigenvalue weighted by Crippen LogP contribution is 2.21. The van der Waals surface area contributed by atoms with E-state index in [4.69, 9.17) is 5.11 Å². The highest BCUT2D eigenvalue weighted by Gasteiger charge is 2.21. The predicted octanol–water partition coefficient (Wildman–Crippen LogP) is 1.14. The average Bonchev–Trinajstić information content (AvgIpc) is 2.89. The lowest BCUT2D eigenvalue weighted by atomic mass is 10.2. The van der Waals surface area contributed by atoms with E-state index in [0.717, 1.165) is 49.8 Å². The molecule has 5 nitrogen and oxygen atoms in total. The summed E-state index contributed by atoms with van der Waals surface area (Å²) < 4.78 is 2.20. The maximum absolute atomic E-state index is 8.89. The van der Waals surface area contributed by atoms with Crippen molar-refractivity contribution in [2.75, 3.05) is 19.7 Å². The second-order valence-electron chi connectivity index (χ2n) is 4.81. The monoisotopic (exact) mass is 258 g/mol. The van der Waals surface area contributed by atoms with E-state index < -0.39 is 0 Å². The van der Waals surface area contributed by atoms with E-state index in [0.29, 0.717) is 0 Å². The van der Waals surface area contributed by atoms with E-state index in [1.54, 1.807) is 0 Å². The van der Waals surface area contributed by atoms with Crippen LogP contribution in [-0.4, -0.2) is 44.5 Å². The molecule has 1 aromatic heterocycles. The third-order valence-corrected chi connectivity index (χ3v) is 3.50. The molecule has 2 heterocycles. The van der Waals surface area contributed by atoms with Gasteiger partial charge in [0.15, 0.2) is 5.82 Å². The minimum Gasteiger partial charge on any atom is -0.396 e. The molecule has 0 bridgehead atoms. The van der Waals surface area contributed by atoms with E-state index in [1.807, 2.05) is 18.2 Å². The Morgan fingerprint density at radius 1 is 1.11 bits per heavy atom. The Labute approximate surface area is 112 Å². The van der Waals surface area contributed by atoms with Gasteiger partial charge in [-0.25, -0.2) is 0 Å². The second kappa shape index (κ2) is 5.50. The molecule has 0 amide bonds. The maximum Gasteiger partial charge on any atom is 0.164 e. The van der Waals surface area contributed by atoms with Crippen LogP contribution in [0.3, 0.4) is 0 Å². The number of benzene rings is 1. The molecular weight excluding hydrogens is 240 g/mol. The third kappa shape index (κ3) is 2.52. The number of hydrogen-bond acceptors (Lipinski definition) is 4. The summed E-state index contributed by atoms with van der Waals surface area (Å²) in [5, 5.41) is 17.5. The van der Waals surface area contributed by atoms with Crippen molar-refractivity contribution in [3.05, 3.63) is 36.2 Å². The molecule has 5 heteroatoms. The smallest absolute Gasteiger partial charge is 0.164 e. The van der Waals surface area contributed by atoms with Gasteiger partial charge < -0.3 is 9.67 Å². The fraction of sp³-hybridized carbons (Fsp3) is 0.429. The van der Waals surface area contributed by atoms with Crippen molar-refractivity contribution < 1.29 is 5.11 Å². The number of nitrogens with zero attached hydrogens (tertiary/aromatic N) is 4. The summed E-state index contributed by atoms with van der Waals surface area (Å²) in [7, 11) is 0. The van der Waals surface area contributed by atoms with Gasteiger partial charge in [-0.1, -0.05) is 30.3 Å². The van der Waals surface area contributed by atoms with E-state index in [9.17, 15) is 0 Å². The summed E-state index contributed by atoms with van der Waals surface area (Å²) in [5.74, 6) is 1.97. The lowest BCUT2D eigenvalue weighted by Gasteiger charge is -2.27.